The minimum absolute atomic E-state index is 0.0918. The predicted molar refractivity (Wildman–Crippen MR) is 74.7 cm³/mol. The Morgan fingerprint density at radius 1 is 1.55 bits per heavy atom. The molecule has 1 saturated heterocycles. The molecule has 108 valence electrons. The molecule has 0 aromatic carbocycles. The van der Waals surface area contributed by atoms with Crippen molar-refractivity contribution in [2.45, 2.75) is 20.3 Å². The van der Waals surface area contributed by atoms with E-state index in [1.807, 2.05) is 0 Å². The van der Waals surface area contributed by atoms with Gasteiger partial charge in [-0.05, 0) is 24.8 Å². The van der Waals surface area contributed by atoms with Gasteiger partial charge in [0.05, 0.1) is 18.1 Å². The molecule has 20 heavy (non-hydrogen) atoms. The van der Waals surface area contributed by atoms with Gasteiger partial charge in [0, 0.05) is 13.0 Å². The molecule has 1 atom stereocenters. The van der Waals surface area contributed by atoms with Crippen LogP contribution in [0, 0.1) is 12.8 Å². The summed E-state index contributed by atoms with van der Waals surface area (Å²) in [6, 6.07) is 0. The molecule has 2 N–H and O–H groups in total. The standard InChI is InChI=1S/C13H16N2O4S/c1-3-19-13(18)10-7(2)6-20-12(10)15-5-8(11(14)17)4-9(15)16/h6,8H,3-5H2,1-2H3,(H2,14,17). The van der Waals surface area contributed by atoms with Crippen molar-refractivity contribution in [3.05, 3.63) is 16.5 Å². The lowest BCUT2D eigenvalue weighted by Crippen LogP contribution is -2.29. The molecule has 1 aromatic rings. The molecule has 0 spiro atoms. The van der Waals surface area contributed by atoms with Crippen LogP contribution in [0.15, 0.2) is 5.38 Å². The van der Waals surface area contributed by atoms with Gasteiger partial charge in [0.1, 0.15) is 5.00 Å². The van der Waals surface area contributed by atoms with Gasteiger partial charge in [-0.2, -0.15) is 0 Å². The fourth-order valence-corrected chi connectivity index (χ4v) is 3.25. The molecule has 1 aliphatic heterocycles. The second-order valence-corrected chi connectivity index (χ2v) is 5.49. The van der Waals surface area contributed by atoms with Crippen LogP contribution in [0.2, 0.25) is 0 Å². The van der Waals surface area contributed by atoms with E-state index in [2.05, 4.69) is 0 Å². The zero-order valence-electron chi connectivity index (χ0n) is 11.3. The molecule has 1 unspecified atom stereocenters. The minimum atomic E-state index is -0.500. The molecule has 0 bridgehead atoms. The first kappa shape index (κ1) is 14.5. The van der Waals surface area contributed by atoms with Gasteiger partial charge in [-0.15, -0.1) is 11.3 Å². The van der Waals surface area contributed by atoms with E-state index in [0.717, 1.165) is 5.56 Å². The maximum absolute atomic E-state index is 12.0. The molecule has 1 aromatic heterocycles. The summed E-state index contributed by atoms with van der Waals surface area (Å²) in [6.07, 6.45) is 0.0918. The molecule has 1 fully saturated rings. The number of nitrogens with two attached hydrogens (primary N) is 1. The van der Waals surface area contributed by atoms with Crippen molar-refractivity contribution < 1.29 is 19.1 Å². The SMILES string of the molecule is CCOC(=O)c1c(C)csc1N1CC(C(N)=O)CC1=O. The van der Waals surface area contributed by atoms with Gasteiger partial charge < -0.3 is 15.4 Å². The number of esters is 1. The summed E-state index contributed by atoms with van der Waals surface area (Å²) < 4.78 is 5.01. The summed E-state index contributed by atoms with van der Waals surface area (Å²) in [5, 5.41) is 2.33. The molecule has 0 aliphatic carbocycles. The van der Waals surface area contributed by atoms with E-state index in [9.17, 15) is 14.4 Å². The Kier molecular flexibility index (Phi) is 4.08. The number of hydrogen-bond donors (Lipinski definition) is 1. The van der Waals surface area contributed by atoms with Gasteiger partial charge >= 0.3 is 5.97 Å². The molecule has 2 heterocycles. The minimum Gasteiger partial charge on any atom is -0.462 e. The largest absolute Gasteiger partial charge is 0.462 e. The van der Waals surface area contributed by atoms with Gasteiger partial charge in [0.25, 0.3) is 0 Å². The molecule has 1 aliphatic rings. The van der Waals surface area contributed by atoms with Gasteiger partial charge in [-0.1, -0.05) is 0 Å². The summed E-state index contributed by atoms with van der Waals surface area (Å²) in [4.78, 5) is 36.6. The Morgan fingerprint density at radius 3 is 2.80 bits per heavy atom. The van der Waals surface area contributed by atoms with Crippen LogP contribution in [0.25, 0.3) is 0 Å². The van der Waals surface area contributed by atoms with Crippen LogP contribution in [-0.2, 0) is 14.3 Å². The number of carbonyl (C=O) groups excluding carboxylic acids is 3. The van der Waals surface area contributed by atoms with E-state index >= 15 is 0 Å². The highest BCUT2D eigenvalue weighted by atomic mass is 32.1. The first-order chi connectivity index (χ1) is 9.45. The summed E-state index contributed by atoms with van der Waals surface area (Å²) in [5.41, 5.74) is 6.41. The van der Waals surface area contributed by atoms with E-state index < -0.39 is 17.8 Å². The topological polar surface area (TPSA) is 89.7 Å². The maximum Gasteiger partial charge on any atom is 0.341 e. The van der Waals surface area contributed by atoms with Crippen LogP contribution < -0.4 is 10.6 Å². The van der Waals surface area contributed by atoms with Gasteiger partial charge in [0.15, 0.2) is 0 Å². The van der Waals surface area contributed by atoms with E-state index in [0.29, 0.717) is 10.6 Å². The van der Waals surface area contributed by atoms with Crippen molar-refractivity contribution in [3.63, 3.8) is 0 Å². The highest BCUT2D eigenvalue weighted by Crippen LogP contribution is 2.35. The molecule has 0 radical (unpaired) electrons. The van der Waals surface area contributed by atoms with Crippen LogP contribution >= 0.6 is 11.3 Å². The second kappa shape index (κ2) is 5.62. The molecule has 2 amide bonds. The number of rotatable bonds is 4. The summed E-state index contributed by atoms with van der Waals surface area (Å²) in [7, 11) is 0. The fourth-order valence-electron chi connectivity index (χ4n) is 2.18. The molecular formula is C13H16N2O4S. The summed E-state index contributed by atoms with van der Waals surface area (Å²) >= 11 is 1.30. The van der Waals surface area contributed by atoms with E-state index in [-0.39, 0.29) is 25.5 Å². The number of hydrogen-bond acceptors (Lipinski definition) is 5. The lowest BCUT2D eigenvalue weighted by atomic mass is 10.1. The number of aryl methyl sites for hydroxylation is 1. The Hall–Kier alpha value is -1.89. The van der Waals surface area contributed by atoms with Crippen molar-refractivity contribution in [1.29, 1.82) is 0 Å². The zero-order chi connectivity index (χ0) is 14.9. The Labute approximate surface area is 120 Å². The number of amides is 2. The Balaban J connectivity index is 2.32. The van der Waals surface area contributed by atoms with E-state index in [4.69, 9.17) is 10.5 Å². The highest BCUT2D eigenvalue weighted by Gasteiger charge is 2.37. The third kappa shape index (κ3) is 2.53. The summed E-state index contributed by atoms with van der Waals surface area (Å²) in [5.74, 6) is -1.63. The van der Waals surface area contributed by atoms with Crippen molar-refractivity contribution >= 4 is 34.1 Å². The van der Waals surface area contributed by atoms with Crippen molar-refractivity contribution in [1.82, 2.24) is 0 Å². The zero-order valence-corrected chi connectivity index (χ0v) is 12.2. The number of carbonyl (C=O) groups is 3. The van der Waals surface area contributed by atoms with Gasteiger partial charge in [-0.3, -0.25) is 9.59 Å². The van der Waals surface area contributed by atoms with Gasteiger partial charge in [-0.25, -0.2) is 4.79 Å². The Morgan fingerprint density at radius 2 is 2.25 bits per heavy atom. The molecule has 7 heteroatoms. The first-order valence-electron chi connectivity index (χ1n) is 6.30. The van der Waals surface area contributed by atoms with Crippen molar-refractivity contribution in [2.24, 2.45) is 11.7 Å². The third-order valence-electron chi connectivity index (χ3n) is 3.21. The average molecular weight is 296 g/mol. The molecule has 6 nitrogen and oxygen atoms in total. The average Bonchev–Trinajstić information content (AvgIpc) is 2.93. The predicted octanol–water partition coefficient (Wildman–Crippen LogP) is 1.07. The smallest absolute Gasteiger partial charge is 0.341 e. The highest BCUT2D eigenvalue weighted by molar-refractivity contribution is 7.15. The quantitative estimate of drug-likeness (QED) is 0.842. The van der Waals surface area contributed by atoms with E-state index in [1.165, 1.54) is 16.2 Å². The first-order valence-corrected chi connectivity index (χ1v) is 7.18. The lowest BCUT2D eigenvalue weighted by molar-refractivity contribution is -0.123. The monoisotopic (exact) mass is 296 g/mol. The number of anilines is 1. The van der Waals surface area contributed by atoms with Crippen LogP contribution in [-0.4, -0.2) is 30.9 Å². The number of primary amides is 1. The van der Waals surface area contributed by atoms with Crippen LogP contribution in [0.4, 0.5) is 5.00 Å². The van der Waals surface area contributed by atoms with Crippen molar-refractivity contribution in [3.8, 4) is 0 Å². The number of ether oxygens (including phenoxy) is 1. The van der Waals surface area contributed by atoms with Crippen LogP contribution in [0.3, 0.4) is 0 Å². The third-order valence-corrected chi connectivity index (χ3v) is 4.33. The Bertz CT molecular complexity index is 567. The number of thiophene rings is 1. The molecule has 2 rings (SSSR count). The second-order valence-electron chi connectivity index (χ2n) is 4.63. The molecular weight excluding hydrogens is 280 g/mol. The number of nitrogens with zero attached hydrogens (tertiary/aromatic N) is 1. The van der Waals surface area contributed by atoms with Gasteiger partial charge in [0.2, 0.25) is 11.8 Å². The fraction of sp³-hybridized carbons (Fsp3) is 0.462. The van der Waals surface area contributed by atoms with Crippen molar-refractivity contribution in [2.75, 3.05) is 18.1 Å². The summed E-state index contributed by atoms with van der Waals surface area (Å²) in [6.45, 7) is 4.01. The van der Waals surface area contributed by atoms with E-state index in [1.54, 1.807) is 19.2 Å². The van der Waals surface area contributed by atoms with Crippen LogP contribution in [0.1, 0.15) is 29.3 Å². The van der Waals surface area contributed by atoms with Crippen LogP contribution in [0.5, 0.6) is 0 Å². The normalized spacial score (nSPS) is 18.4. The molecule has 0 saturated carbocycles. The lowest BCUT2D eigenvalue weighted by Gasteiger charge is -2.16. The maximum atomic E-state index is 12.0.